The van der Waals surface area contributed by atoms with Gasteiger partial charge in [0.25, 0.3) is 0 Å². The molecule has 1 rings (SSSR count). The fourth-order valence-corrected chi connectivity index (χ4v) is 8.22. The zero-order chi connectivity index (χ0) is 49.1. The summed E-state index contributed by atoms with van der Waals surface area (Å²) in [6.45, 7) is 2.84. The largest absolute Gasteiger partial charge is 0.472 e. The van der Waals surface area contributed by atoms with Gasteiger partial charge in [-0.05, 0) is 70.6 Å². The first-order chi connectivity index (χ1) is 31.5. The maximum atomic E-state index is 13.0. The number of hydrogen-bond donors (Lipinski definition) is 8. The number of hydrogen-bond acceptors (Lipinski definition) is 14. The van der Waals surface area contributed by atoms with Crippen molar-refractivity contribution >= 4 is 27.6 Å². The number of esters is 2. The van der Waals surface area contributed by atoms with Crippen molar-refractivity contribution in [3.8, 4) is 0 Å². The molecule has 0 saturated heterocycles. The second kappa shape index (κ2) is 37.3. The Labute approximate surface area is 392 Å². The molecule has 0 radical (unpaired) electrons. The lowest BCUT2D eigenvalue weighted by Crippen LogP contribution is -2.64. The summed E-state index contributed by atoms with van der Waals surface area (Å²) >= 11 is 0. The minimum absolute atomic E-state index is 0.00560. The standard InChI is InChI=1S/C47H80O17P2/c1-3-5-7-9-11-12-13-14-15-16-17-18-19-20-22-26-31-35-41(50)62-39(36-60-40(49)34-30-27-23-25-29-33-38(48)32-28-24-21-10-8-6-4-2)37-61-66(58,59)64-47-44(53)42(51)43(52)46(45(47)54)63-65(55,56)57/h6,8,11-12,14-15,17-18,21,24,28,32,38-39,42-48,51-54H,3-5,7,9-10,13,16,19-20,22-23,25-27,29-31,33-37H2,1-2H3,(H,58,59)(H2,55,56,57)/b8-6+,12-11-,15-14-,18-17-,24-21+,32-28+/t38?,39-,42?,43?,44?,45?,46-,47+/m1/s1. The number of allylic oxidation sites excluding steroid dienone is 11. The molecule has 8 N–H and O–H groups in total. The number of aliphatic hydroxyl groups excluding tert-OH is 5. The maximum Gasteiger partial charge on any atom is 0.472 e. The SMILES string of the molecule is CC/C=C/C/C=C/C=C/C(O)CCCCCCCC(=O)OC[C@H](COP(=O)(O)O[C@H]1C(O)C(O)C(O)[C@@H](OP(=O)(O)O)C1O)OC(=O)CCCCCC/C=C\C/C=C\C/C=C\CCCCC. The Kier molecular flexibility index (Phi) is 34.7. The van der Waals surface area contributed by atoms with Crippen LogP contribution in [0.4, 0.5) is 0 Å². The Hall–Kier alpha value is -2.60. The molecule has 0 heterocycles. The van der Waals surface area contributed by atoms with Gasteiger partial charge in [-0.2, -0.15) is 0 Å². The van der Waals surface area contributed by atoms with Crippen LogP contribution in [0.3, 0.4) is 0 Å². The van der Waals surface area contributed by atoms with Gasteiger partial charge in [-0.1, -0.05) is 138 Å². The predicted molar refractivity (Wildman–Crippen MR) is 252 cm³/mol. The van der Waals surface area contributed by atoms with E-state index in [2.05, 4.69) is 67.0 Å². The van der Waals surface area contributed by atoms with Gasteiger partial charge in [0.15, 0.2) is 6.10 Å². The van der Waals surface area contributed by atoms with Gasteiger partial charge >= 0.3 is 27.6 Å². The molecule has 0 aromatic rings. The third-order valence-corrected chi connectivity index (χ3v) is 11.9. The van der Waals surface area contributed by atoms with Crippen LogP contribution in [0.15, 0.2) is 72.9 Å². The highest BCUT2D eigenvalue weighted by Gasteiger charge is 2.54. The van der Waals surface area contributed by atoms with Crippen LogP contribution >= 0.6 is 15.6 Å². The molecule has 19 heteroatoms. The molecule has 1 fully saturated rings. The normalized spacial score (nSPS) is 22.6. The van der Waals surface area contributed by atoms with Gasteiger partial charge in [-0.3, -0.25) is 23.2 Å². The average Bonchev–Trinajstić information content (AvgIpc) is 3.27. The van der Waals surface area contributed by atoms with Crippen molar-refractivity contribution in [1.29, 1.82) is 0 Å². The Bertz CT molecular complexity index is 1570. The van der Waals surface area contributed by atoms with Crippen molar-refractivity contribution in [3.63, 3.8) is 0 Å². The summed E-state index contributed by atoms with van der Waals surface area (Å²) in [7, 11) is -10.7. The van der Waals surface area contributed by atoms with Crippen LogP contribution in [0, 0.1) is 0 Å². The van der Waals surface area contributed by atoms with Crippen LogP contribution in [0.2, 0.25) is 0 Å². The van der Waals surface area contributed by atoms with Gasteiger partial charge < -0.3 is 49.7 Å². The number of phosphoric ester groups is 2. The predicted octanol–water partition coefficient (Wildman–Crippen LogP) is 7.81. The number of phosphoric acid groups is 2. The fourth-order valence-electron chi connectivity index (χ4n) is 6.69. The van der Waals surface area contributed by atoms with E-state index < -0.39 is 89.6 Å². The van der Waals surface area contributed by atoms with E-state index in [0.717, 1.165) is 83.5 Å². The van der Waals surface area contributed by atoms with Gasteiger partial charge in [0.2, 0.25) is 0 Å². The number of aliphatic hydroxyl groups is 5. The average molecular weight is 979 g/mol. The zero-order valence-electron chi connectivity index (χ0n) is 39.0. The van der Waals surface area contributed by atoms with Gasteiger partial charge in [-0.15, -0.1) is 0 Å². The van der Waals surface area contributed by atoms with Gasteiger partial charge in [0, 0.05) is 12.8 Å². The number of carbonyl (C=O) groups is 2. The summed E-state index contributed by atoms with van der Waals surface area (Å²) in [6, 6.07) is 0. The Morgan fingerprint density at radius 2 is 1.11 bits per heavy atom. The molecule has 17 nitrogen and oxygen atoms in total. The lowest BCUT2D eigenvalue weighted by atomic mass is 9.85. The quantitative estimate of drug-likeness (QED) is 0.00963. The Balaban J connectivity index is 2.65. The zero-order valence-corrected chi connectivity index (χ0v) is 40.7. The maximum absolute atomic E-state index is 13.0. The topological polar surface area (TPSA) is 276 Å². The summed E-state index contributed by atoms with van der Waals surface area (Å²) in [4.78, 5) is 54.3. The van der Waals surface area contributed by atoms with Crippen LogP contribution in [0.5, 0.6) is 0 Å². The third-order valence-electron chi connectivity index (χ3n) is 10.4. The summed E-state index contributed by atoms with van der Waals surface area (Å²) < 4.78 is 49.3. The van der Waals surface area contributed by atoms with Crippen LogP contribution in [0.25, 0.3) is 0 Å². The highest BCUT2D eigenvalue weighted by Crippen LogP contribution is 2.49. The molecule has 0 aromatic heterocycles. The molecule has 0 bridgehead atoms. The molecule has 0 aromatic carbocycles. The Morgan fingerprint density at radius 3 is 1.73 bits per heavy atom. The minimum Gasteiger partial charge on any atom is -0.462 e. The molecule has 1 saturated carbocycles. The van der Waals surface area contributed by atoms with E-state index in [9.17, 15) is 58.9 Å². The molecule has 66 heavy (non-hydrogen) atoms. The van der Waals surface area contributed by atoms with Crippen molar-refractivity contribution in [2.24, 2.45) is 0 Å². The summed E-state index contributed by atoms with van der Waals surface area (Å²) in [5.41, 5.74) is 0. The molecule has 380 valence electrons. The van der Waals surface area contributed by atoms with Crippen LogP contribution < -0.4 is 0 Å². The van der Waals surface area contributed by atoms with E-state index in [1.165, 1.54) is 19.3 Å². The number of rotatable bonds is 38. The van der Waals surface area contributed by atoms with Crippen molar-refractivity contribution in [2.75, 3.05) is 13.2 Å². The number of unbranched alkanes of at least 4 members (excludes halogenated alkanes) is 11. The smallest absolute Gasteiger partial charge is 0.462 e. The van der Waals surface area contributed by atoms with E-state index >= 15 is 0 Å². The second-order valence-corrected chi connectivity index (χ2v) is 18.9. The van der Waals surface area contributed by atoms with Gasteiger partial charge in [0.05, 0.1) is 12.7 Å². The first-order valence-corrected chi connectivity index (χ1v) is 26.6. The first-order valence-electron chi connectivity index (χ1n) is 23.6. The van der Waals surface area contributed by atoms with Crippen LogP contribution in [0.1, 0.15) is 149 Å². The van der Waals surface area contributed by atoms with E-state index in [1.54, 1.807) is 6.08 Å². The highest BCUT2D eigenvalue weighted by atomic mass is 31.2. The van der Waals surface area contributed by atoms with Crippen molar-refractivity contribution in [1.82, 2.24) is 0 Å². The minimum atomic E-state index is -5.38. The van der Waals surface area contributed by atoms with Gasteiger partial charge in [0.1, 0.15) is 43.2 Å². The number of ether oxygens (including phenoxy) is 2. The molecule has 0 aliphatic heterocycles. The molecule has 0 amide bonds. The van der Waals surface area contributed by atoms with E-state index in [-0.39, 0.29) is 12.8 Å². The summed E-state index contributed by atoms with van der Waals surface area (Å²) in [5.74, 6) is -1.31. The van der Waals surface area contributed by atoms with Crippen LogP contribution in [-0.2, 0) is 41.8 Å². The second-order valence-electron chi connectivity index (χ2n) is 16.3. The number of carbonyl (C=O) groups excluding carboxylic acids is 2. The molecular formula is C47H80O17P2. The molecule has 6 unspecified atom stereocenters. The molecule has 9 atom stereocenters. The molecule has 1 aliphatic carbocycles. The third kappa shape index (κ3) is 31.4. The molecule has 0 spiro atoms. The van der Waals surface area contributed by atoms with Crippen molar-refractivity contribution in [3.05, 3.63) is 72.9 Å². The van der Waals surface area contributed by atoms with E-state index in [0.29, 0.717) is 19.3 Å². The first kappa shape index (κ1) is 61.4. The summed E-state index contributed by atoms with van der Waals surface area (Å²) in [5, 5.41) is 51.4. The Morgan fingerprint density at radius 1 is 0.576 bits per heavy atom. The van der Waals surface area contributed by atoms with Crippen LogP contribution in [-0.4, -0.2) is 114 Å². The summed E-state index contributed by atoms with van der Waals surface area (Å²) in [6.07, 6.45) is 25.9. The lowest BCUT2D eigenvalue weighted by molar-refractivity contribution is -0.216. The monoisotopic (exact) mass is 978 g/mol. The van der Waals surface area contributed by atoms with E-state index in [1.807, 2.05) is 18.2 Å². The van der Waals surface area contributed by atoms with Crippen molar-refractivity contribution in [2.45, 2.75) is 198 Å². The highest BCUT2D eigenvalue weighted by molar-refractivity contribution is 7.47. The molecule has 1 aliphatic rings. The lowest BCUT2D eigenvalue weighted by Gasteiger charge is -2.43. The van der Waals surface area contributed by atoms with Crippen molar-refractivity contribution < 1.29 is 82.0 Å². The van der Waals surface area contributed by atoms with Gasteiger partial charge in [-0.25, -0.2) is 9.13 Å². The molecular weight excluding hydrogens is 898 g/mol. The fraction of sp³-hybridized carbons (Fsp3) is 0.702. The van der Waals surface area contributed by atoms with E-state index in [4.69, 9.17) is 18.5 Å².